The molecular weight excluding hydrogens is 266 g/mol. The highest BCUT2D eigenvalue weighted by molar-refractivity contribution is 6.30. The van der Waals surface area contributed by atoms with Crippen LogP contribution in [0.1, 0.15) is 20.3 Å². The van der Waals surface area contributed by atoms with E-state index in [1.165, 1.54) is 0 Å². The van der Waals surface area contributed by atoms with Crippen LogP contribution in [0.3, 0.4) is 0 Å². The molecular formula is C14H20ClNO3. The molecule has 0 aliphatic carbocycles. The second-order valence-electron chi connectivity index (χ2n) is 4.82. The summed E-state index contributed by atoms with van der Waals surface area (Å²) in [6, 6.07) is 6.58. The Labute approximate surface area is 118 Å². The van der Waals surface area contributed by atoms with Crippen LogP contribution in [0.2, 0.25) is 5.02 Å². The van der Waals surface area contributed by atoms with E-state index in [4.69, 9.17) is 21.4 Å². The first-order valence-corrected chi connectivity index (χ1v) is 6.67. The number of hydrogen-bond acceptors (Lipinski definition) is 3. The first-order chi connectivity index (χ1) is 9.01. The topological polar surface area (TPSA) is 58.6 Å². The standard InChI is InChI=1S/C14H20ClNO3/c1-10(2)7-12(8-17)16-14(18)9-19-13-5-3-11(15)4-6-13/h3-6,10,12,17H,7-9H2,1-2H3,(H,16,18). The average Bonchev–Trinajstić information content (AvgIpc) is 2.36. The molecule has 1 aromatic carbocycles. The first kappa shape index (κ1) is 15.8. The molecule has 1 unspecified atom stereocenters. The quantitative estimate of drug-likeness (QED) is 0.808. The van der Waals surface area contributed by atoms with Crippen molar-refractivity contribution in [2.45, 2.75) is 26.3 Å². The van der Waals surface area contributed by atoms with Crippen LogP contribution in [0, 0.1) is 5.92 Å². The normalized spacial score (nSPS) is 12.3. The highest BCUT2D eigenvalue weighted by atomic mass is 35.5. The van der Waals surface area contributed by atoms with Gasteiger partial charge in [0.1, 0.15) is 5.75 Å². The van der Waals surface area contributed by atoms with Gasteiger partial charge < -0.3 is 15.2 Å². The van der Waals surface area contributed by atoms with Crippen molar-refractivity contribution in [3.63, 3.8) is 0 Å². The van der Waals surface area contributed by atoms with Gasteiger partial charge in [-0.3, -0.25) is 4.79 Å². The van der Waals surface area contributed by atoms with Crippen molar-refractivity contribution in [1.29, 1.82) is 0 Å². The van der Waals surface area contributed by atoms with Crippen LogP contribution < -0.4 is 10.1 Å². The van der Waals surface area contributed by atoms with Crippen LogP contribution in [0.5, 0.6) is 5.75 Å². The maximum Gasteiger partial charge on any atom is 0.258 e. The van der Waals surface area contributed by atoms with E-state index in [0.29, 0.717) is 16.7 Å². The zero-order valence-corrected chi connectivity index (χ0v) is 12.0. The number of aliphatic hydroxyl groups excluding tert-OH is 1. The van der Waals surface area contributed by atoms with E-state index >= 15 is 0 Å². The van der Waals surface area contributed by atoms with Crippen LogP contribution in [-0.4, -0.2) is 30.3 Å². The van der Waals surface area contributed by atoms with Crippen molar-refractivity contribution in [2.24, 2.45) is 5.92 Å². The minimum absolute atomic E-state index is 0.0646. The summed E-state index contributed by atoms with van der Waals surface area (Å²) in [6.07, 6.45) is 0.739. The Morgan fingerprint density at radius 2 is 2.00 bits per heavy atom. The van der Waals surface area contributed by atoms with Crippen LogP contribution in [0.4, 0.5) is 0 Å². The lowest BCUT2D eigenvalue weighted by Crippen LogP contribution is -2.40. The second kappa shape index (κ2) is 8.02. The zero-order chi connectivity index (χ0) is 14.3. The zero-order valence-electron chi connectivity index (χ0n) is 11.2. The van der Waals surface area contributed by atoms with Crippen LogP contribution in [-0.2, 0) is 4.79 Å². The van der Waals surface area contributed by atoms with Gasteiger partial charge in [0.15, 0.2) is 6.61 Å². The maximum absolute atomic E-state index is 11.7. The summed E-state index contributed by atoms with van der Waals surface area (Å²) in [4.78, 5) is 11.7. The fraction of sp³-hybridized carbons (Fsp3) is 0.500. The summed E-state index contributed by atoms with van der Waals surface area (Å²) >= 11 is 5.75. The van der Waals surface area contributed by atoms with Gasteiger partial charge in [-0.25, -0.2) is 0 Å². The molecule has 0 radical (unpaired) electrons. The number of aliphatic hydroxyl groups is 1. The van der Waals surface area contributed by atoms with E-state index < -0.39 is 0 Å². The van der Waals surface area contributed by atoms with Crippen LogP contribution in [0.15, 0.2) is 24.3 Å². The fourth-order valence-corrected chi connectivity index (χ4v) is 1.82. The molecule has 1 atom stereocenters. The van der Waals surface area contributed by atoms with E-state index in [1.807, 2.05) is 13.8 Å². The molecule has 0 aliphatic heterocycles. The molecule has 0 aromatic heterocycles. The monoisotopic (exact) mass is 285 g/mol. The number of nitrogens with one attached hydrogen (secondary N) is 1. The van der Waals surface area contributed by atoms with Crippen molar-refractivity contribution < 1.29 is 14.6 Å². The summed E-state index contributed by atoms with van der Waals surface area (Å²) in [6.45, 7) is 3.94. The van der Waals surface area contributed by atoms with Crippen molar-refractivity contribution in [3.8, 4) is 5.75 Å². The Morgan fingerprint density at radius 3 is 2.53 bits per heavy atom. The minimum Gasteiger partial charge on any atom is -0.484 e. The number of amides is 1. The van der Waals surface area contributed by atoms with Gasteiger partial charge in [-0.05, 0) is 36.6 Å². The Bertz CT molecular complexity index is 392. The SMILES string of the molecule is CC(C)CC(CO)NC(=O)COc1ccc(Cl)cc1. The lowest BCUT2D eigenvalue weighted by atomic mass is 10.0. The molecule has 1 aromatic rings. The lowest BCUT2D eigenvalue weighted by molar-refractivity contribution is -0.124. The van der Waals surface area contributed by atoms with E-state index in [9.17, 15) is 4.79 Å². The third-order valence-corrected chi connectivity index (χ3v) is 2.78. The van der Waals surface area contributed by atoms with Crippen molar-refractivity contribution in [2.75, 3.05) is 13.2 Å². The molecule has 19 heavy (non-hydrogen) atoms. The summed E-state index contributed by atoms with van der Waals surface area (Å²) in [7, 11) is 0. The van der Waals surface area contributed by atoms with Crippen molar-refractivity contribution in [3.05, 3.63) is 29.3 Å². The van der Waals surface area contributed by atoms with Crippen LogP contribution in [0.25, 0.3) is 0 Å². The molecule has 0 fully saturated rings. The molecule has 0 saturated heterocycles. The van der Waals surface area contributed by atoms with Gasteiger partial charge in [-0.1, -0.05) is 25.4 Å². The fourth-order valence-electron chi connectivity index (χ4n) is 1.70. The van der Waals surface area contributed by atoms with Gasteiger partial charge in [-0.15, -0.1) is 0 Å². The predicted octanol–water partition coefficient (Wildman–Crippen LogP) is 2.24. The molecule has 5 heteroatoms. The second-order valence-corrected chi connectivity index (χ2v) is 5.26. The predicted molar refractivity (Wildman–Crippen MR) is 75.4 cm³/mol. The third-order valence-electron chi connectivity index (χ3n) is 2.52. The smallest absolute Gasteiger partial charge is 0.258 e. The van der Waals surface area contributed by atoms with Crippen molar-refractivity contribution in [1.82, 2.24) is 5.32 Å². The lowest BCUT2D eigenvalue weighted by Gasteiger charge is -2.18. The highest BCUT2D eigenvalue weighted by Gasteiger charge is 2.13. The first-order valence-electron chi connectivity index (χ1n) is 6.30. The summed E-state index contributed by atoms with van der Waals surface area (Å²) < 4.78 is 5.32. The van der Waals surface area contributed by atoms with Gasteiger partial charge in [0.05, 0.1) is 12.6 Å². The summed E-state index contributed by atoms with van der Waals surface area (Å²) in [5.74, 6) is 0.758. The largest absolute Gasteiger partial charge is 0.484 e. The molecule has 4 nitrogen and oxygen atoms in total. The number of ether oxygens (including phenoxy) is 1. The molecule has 0 saturated carbocycles. The number of hydrogen-bond donors (Lipinski definition) is 2. The number of carbonyl (C=O) groups is 1. The molecule has 0 aliphatic rings. The van der Waals surface area contributed by atoms with Gasteiger partial charge in [0.2, 0.25) is 0 Å². The van der Waals surface area contributed by atoms with Gasteiger partial charge >= 0.3 is 0 Å². The maximum atomic E-state index is 11.7. The van der Waals surface area contributed by atoms with Crippen molar-refractivity contribution >= 4 is 17.5 Å². The number of carbonyl (C=O) groups excluding carboxylic acids is 1. The Hall–Kier alpha value is -1.26. The van der Waals surface area contributed by atoms with E-state index in [0.717, 1.165) is 6.42 Å². The van der Waals surface area contributed by atoms with Crippen LogP contribution >= 0.6 is 11.6 Å². The molecule has 1 amide bonds. The molecule has 0 spiro atoms. The number of halogens is 1. The van der Waals surface area contributed by atoms with E-state index in [2.05, 4.69) is 5.32 Å². The van der Waals surface area contributed by atoms with Gasteiger partial charge in [0, 0.05) is 5.02 Å². The molecule has 2 N–H and O–H groups in total. The molecule has 106 valence electrons. The van der Waals surface area contributed by atoms with E-state index in [-0.39, 0.29) is 25.2 Å². The van der Waals surface area contributed by atoms with E-state index in [1.54, 1.807) is 24.3 Å². The highest BCUT2D eigenvalue weighted by Crippen LogP contribution is 2.15. The van der Waals surface area contributed by atoms with Gasteiger partial charge in [0.25, 0.3) is 5.91 Å². The summed E-state index contributed by atoms with van der Waals surface area (Å²) in [5, 5.41) is 12.5. The Balaban J connectivity index is 2.36. The Kier molecular flexibility index (Phi) is 6.67. The molecule has 0 bridgehead atoms. The Morgan fingerprint density at radius 1 is 1.37 bits per heavy atom. The average molecular weight is 286 g/mol. The summed E-state index contributed by atoms with van der Waals surface area (Å²) in [5.41, 5.74) is 0. The molecule has 0 heterocycles. The number of rotatable bonds is 7. The third kappa shape index (κ3) is 6.45. The number of benzene rings is 1. The van der Waals surface area contributed by atoms with Gasteiger partial charge in [-0.2, -0.15) is 0 Å². The molecule has 1 rings (SSSR count). The minimum atomic E-state index is -0.241.